The van der Waals surface area contributed by atoms with Crippen molar-refractivity contribution in [2.75, 3.05) is 26.7 Å². The molecule has 0 bridgehead atoms. The van der Waals surface area contributed by atoms with Gasteiger partial charge < -0.3 is 14.6 Å². The maximum atomic E-state index is 12.0. The Labute approximate surface area is 178 Å². The van der Waals surface area contributed by atoms with Gasteiger partial charge in [0.25, 0.3) is 0 Å². The quantitative estimate of drug-likeness (QED) is 0.758. The van der Waals surface area contributed by atoms with Gasteiger partial charge in [-0.2, -0.15) is 0 Å². The number of methoxy groups -OCH3 is 1. The SMILES string of the molecule is COc1ccc(CN2CCc3nnc(CCNC(=O)C4CCC4)n3CC2)c(C)c1C. The molecule has 1 amide bonds. The third-order valence-corrected chi connectivity index (χ3v) is 6.78. The van der Waals surface area contributed by atoms with Gasteiger partial charge in [-0.05, 0) is 49.4 Å². The lowest BCUT2D eigenvalue weighted by Gasteiger charge is -2.24. The molecule has 7 heteroatoms. The third kappa shape index (κ3) is 4.36. The Balaban J connectivity index is 1.34. The van der Waals surface area contributed by atoms with Gasteiger partial charge >= 0.3 is 0 Å². The highest BCUT2D eigenvalue weighted by atomic mass is 16.5. The third-order valence-electron chi connectivity index (χ3n) is 6.78. The molecule has 1 N–H and O–H groups in total. The highest BCUT2D eigenvalue weighted by Gasteiger charge is 2.25. The van der Waals surface area contributed by atoms with Gasteiger partial charge in [0.15, 0.2) is 0 Å². The molecule has 0 saturated heterocycles. The van der Waals surface area contributed by atoms with Crippen LogP contribution in [0.2, 0.25) is 0 Å². The molecule has 162 valence electrons. The molecule has 1 aromatic carbocycles. The number of benzene rings is 1. The van der Waals surface area contributed by atoms with Crippen LogP contribution in [0.25, 0.3) is 0 Å². The number of carbonyl (C=O) groups excluding carboxylic acids is 1. The number of hydrogen-bond acceptors (Lipinski definition) is 5. The van der Waals surface area contributed by atoms with Crippen LogP contribution in [-0.2, 0) is 30.7 Å². The van der Waals surface area contributed by atoms with Crippen molar-refractivity contribution in [2.45, 2.75) is 59.0 Å². The summed E-state index contributed by atoms with van der Waals surface area (Å²) in [5.41, 5.74) is 3.87. The number of fused-ring (bicyclic) bond motifs is 1. The average molecular weight is 412 g/mol. The van der Waals surface area contributed by atoms with Crippen LogP contribution in [0.1, 0.15) is 47.6 Å². The van der Waals surface area contributed by atoms with E-state index in [1.54, 1.807) is 7.11 Å². The van der Waals surface area contributed by atoms with Crippen LogP contribution >= 0.6 is 0 Å². The molecule has 1 aliphatic heterocycles. The van der Waals surface area contributed by atoms with E-state index in [0.717, 1.165) is 69.3 Å². The number of rotatable bonds is 7. The second-order valence-electron chi connectivity index (χ2n) is 8.56. The van der Waals surface area contributed by atoms with Crippen molar-refractivity contribution < 1.29 is 9.53 Å². The molecule has 0 spiro atoms. The molecule has 1 fully saturated rings. The predicted octanol–water partition coefficient (Wildman–Crippen LogP) is 2.42. The Morgan fingerprint density at radius 3 is 2.73 bits per heavy atom. The topological polar surface area (TPSA) is 72.3 Å². The first-order valence-corrected chi connectivity index (χ1v) is 11.1. The lowest BCUT2D eigenvalue weighted by molar-refractivity contribution is -0.127. The molecule has 2 heterocycles. The normalized spacial score (nSPS) is 17.2. The Morgan fingerprint density at radius 2 is 2.00 bits per heavy atom. The number of amides is 1. The summed E-state index contributed by atoms with van der Waals surface area (Å²) in [6.45, 7) is 8.71. The average Bonchev–Trinajstić information content (AvgIpc) is 2.96. The van der Waals surface area contributed by atoms with Crippen LogP contribution in [0.5, 0.6) is 5.75 Å². The highest BCUT2D eigenvalue weighted by Crippen LogP contribution is 2.26. The Hall–Kier alpha value is -2.41. The minimum Gasteiger partial charge on any atom is -0.496 e. The number of hydrogen-bond donors (Lipinski definition) is 1. The van der Waals surface area contributed by atoms with E-state index in [4.69, 9.17) is 4.74 Å². The van der Waals surface area contributed by atoms with Gasteiger partial charge in [-0.3, -0.25) is 9.69 Å². The second-order valence-corrected chi connectivity index (χ2v) is 8.56. The first-order valence-electron chi connectivity index (χ1n) is 11.1. The van der Waals surface area contributed by atoms with Crippen molar-refractivity contribution in [1.82, 2.24) is 25.0 Å². The molecule has 1 saturated carbocycles. The van der Waals surface area contributed by atoms with E-state index in [1.807, 2.05) is 0 Å². The summed E-state index contributed by atoms with van der Waals surface area (Å²) < 4.78 is 7.70. The standard InChI is InChI=1S/C23H33N5O2/c1-16-17(2)20(30-3)8-7-19(16)15-27-12-10-22-26-25-21(28(22)14-13-27)9-11-24-23(29)18-5-4-6-18/h7-8,18H,4-6,9-15H2,1-3H3,(H,24,29). The molecule has 30 heavy (non-hydrogen) atoms. The zero-order valence-electron chi connectivity index (χ0n) is 18.4. The minimum absolute atomic E-state index is 0.202. The molecule has 0 unspecified atom stereocenters. The second kappa shape index (κ2) is 9.16. The number of nitrogens with one attached hydrogen (secondary N) is 1. The summed E-state index contributed by atoms with van der Waals surface area (Å²) in [6.07, 6.45) is 4.89. The molecule has 0 radical (unpaired) electrons. The van der Waals surface area contributed by atoms with Crippen molar-refractivity contribution in [2.24, 2.45) is 5.92 Å². The lowest BCUT2D eigenvalue weighted by Crippen LogP contribution is -2.35. The van der Waals surface area contributed by atoms with E-state index >= 15 is 0 Å². The monoisotopic (exact) mass is 411 g/mol. The predicted molar refractivity (Wildman–Crippen MR) is 116 cm³/mol. The number of nitrogens with zero attached hydrogens (tertiary/aromatic N) is 4. The fraction of sp³-hybridized carbons (Fsp3) is 0.609. The Morgan fingerprint density at radius 1 is 1.17 bits per heavy atom. The molecule has 1 aromatic heterocycles. The number of ether oxygens (including phenoxy) is 1. The highest BCUT2D eigenvalue weighted by molar-refractivity contribution is 5.79. The zero-order chi connectivity index (χ0) is 21.1. The van der Waals surface area contributed by atoms with Gasteiger partial charge in [0.05, 0.1) is 7.11 Å². The molecule has 7 nitrogen and oxygen atoms in total. The van der Waals surface area contributed by atoms with E-state index in [-0.39, 0.29) is 11.8 Å². The van der Waals surface area contributed by atoms with Crippen LogP contribution in [-0.4, -0.2) is 52.3 Å². The van der Waals surface area contributed by atoms with Gasteiger partial charge in [-0.1, -0.05) is 12.5 Å². The fourth-order valence-electron chi connectivity index (χ4n) is 4.37. The van der Waals surface area contributed by atoms with Gasteiger partial charge in [0.2, 0.25) is 5.91 Å². The van der Waals surface area contributed by atoms with E-state index in [9.17, 15) is 4.79 Å². The summed E-state index contributed by atoms with van der Waals surface area (Å²) in [4.78, 5) is 14.5. The summed E-state index contributed by atoms with van der Waals surface area (Å²) in [5.74, 6) is 3.43. The maximum Gasteiger partial charge on any atom is 0.223 e. The van der Waals surface area contributed by atoms with E-state index in [1.165, 1.54) is 23.1 Å². The number of carbonyl (C=O) groups is 1. The molecule has 4 rings (SSSR count). The Kier molecular flexibility index (Phi) is 6.37. The fourth-order valence-corrected chi connectivity index (χ4v) is 4.37. The smallest absolute Gasteiger partial charge is 0.223 e. The van der Waals surface area contributed by atoms with Crippen molar-refractivity contribution in [3.8, 4) is 5.75 Å². The van der Waals surface area contributed by atoms with Crippen LogP contribution in [0.3, 0.4) is 0 Å². The maximum absolute atomic E-state index is 12.0. The largest absolute Gasteiger partial charge is 0.496 e. The van der Waals surface area contributed by atoms with Crippen molar-refractivity contribution in [1.29, 1.82) is 0 Å². The Bertz CT molecular complexity index is 903. The van der Waals surface area contributed by atoms with Crippen LogP contribution in [0, 0.1) is 19.8 Å². The summed E-state index contributed by atoms with van der Waals surface area (Å²) >= 11 is 0. The van der Waals surface area contributed by atoms with Gasteiger partial charge in [-0.25, -0.2) is 0 Å². The summed E-state index contributed by atoms with van der Waals surface area (Å²) in [5, 5.41) is 11.9. The summed E-state index contributed by atoms with van der Waals surface area (Å²) in [6, 6.07) is 4.25. The molecule has 1 aliphatic carbocycles. The molecule has 2 aliphatic rings. The van der Waals surface area contributed by atoms with Gasteiger partial charge in [0, 0.05) is 51.5 Å². The first kappa shape index (κ1) is 20.8. The van der Waals surface area contributed by atoms with Crippen molar-refractivity contribution in [3.05, 3.63) is 40.5 Å². The molecular formula is C23H33N5O2. The molecule has 2 aromatic rings. The van der Waals surface area contributed by atoms with Crippen LogP contribution in [0.4, 0.5) is 0 Å². The molecular weight excluding hydrogens is 378 g/mol. The minimum atomic E-state index is 0.202. The van der Waals surface area contributed by atoms with E-state index in [0.29, 0.717) is 6.54 Å². The first-order chi connectivity index (χ1) is 14.6. The summed E-state index contributed by atoms with van der Waals surface area (Å²) in [7, 11) is 1.72. The van der Waals surface area contributed by atoms with Crippen molar-refractivity contribution >= 4 is 5.91 Å². The van der Waals surface area contributed by atoms with E-state index in [2.05, 4.69) is 51.0 Å². The van der Waals surface area contributed by atoms with Gasteiger partial charge in [-0.15, -0.1) is 10.2 Å². The zero-order valence-corrected chi connectivity index (χ0v) is 18.4. The van der Waals surface area contributed by atoms with Gasteiger partial charge in [0.1, 0.15) is 17.4 Å². The number of aromatic nitrogens is 3. The van der Waals surface area contributed by atoms with E-state index < -0.39 is 0 Å². The molecule has 0 atom stereocenters. The van der Waals surface area contributed by atoms with Crippen LogP contribution in [0.15, 0.2) is 12.1 Å². The lowest BCUT2D eigenvalue weighted by atomic mass is 9.85. The van der Waals surface area contributed by atoms with Crippen LogP contribution < -0.4 is 10.1 Å². The van der Waals surface area contributed by atoms with Crippen molar-refractivity contribution in [3.63, 3.8) is 0 Å².